The number of carbonyl (C=O) groups is 3. The van der Waals surface area contributed by atoms with Gasteiger partial charge in [0.15, 0.2) is 17.6 Å². The summed E-state index contributed by atoms with van der Waals surface area (Å²) in [6.07, 6.45) is 2.41. The van der Waals surface area contributed by atoms with E-state index in [-0.39, 0.29) is 31.0 Å². The molecule has 0 spiro atoms. The molecular formula is C23H28F2N6O3. The van der Waals surface area contributed by atoms with Crippen molar-refractivity contribution < 1.29 is 23.2 Å². The Kier molecular flexibility index (Phi) is 10.4. The Morgan fingerprint density at radius 3 is 2.44 bits per heavy atom. The van der Waals surface area contributed by atoms with Crippen molar-refractivity contribution in [3.63, 3.8) is 0 Å². The van der Waals surface area contributed by atoms with Gasteiger partial charge in [-0.15, -0.1) is 0 Å². The molecule has 0 aliphatic carbocycles. The van der Waals surface area contributed by atoms with Crippen molar-refractivity contribution in [1.29, 1.82) is 0 Å². The molecule has 0 fully saturated rings. The number of benzene rings is 2. The van der Waals surface area contributed by atoms with Gasteiger partial charge in [0, 0.05) is 18.7 Å². The number of nitrogens with two attached hydrogens (primary N) is 2. The summed E-state index contributed by atoms with van der Waals surface area (Å²) in [5.74, 6) is -3.15. The number of hydrogen-bond acceptors (Lipinski definition) is 4. The number of aryl methyl sites for hydroxylation is 1. The molecule has 0 bridgehead atoms. The number of hydrogen-bond donors (Lipinski definition) is 4. The molecule has 9 nitrogen and oxygen atoms in total. The van der Waals surface area contributed by atoms with E-state index >= 15 is 0 Å². The Hall–Kier alpha value is -4.02. The number of hydrazine groups is 1. The van der Waals surface area contributed by atoms with Crippen LogP contribution in [0.1, 0.15) is 35.2 Å². The molecule has 34 heavy (non-hydrogen) atoms. The zero-order chi connectivity index (χ0) is 24.9. The Morgan fingerprint density at radius 1 is 1.06 bits per heavy atom. The van der Waals surface area contributed by atoms with Crippen molar-refractivity contribution in [3.05, 3.63) is 71.3 Å². The molecule has 11 heteroatoms. The van der Waals surface area contributed by atoms with Crippen LogP contribution in [-0.2, 0) is 11.2 Å². The van der Waals surface area contributed by atoms with Gasteiger partial charge in [-0.2, -0.15) is 0 Å². The third-order valence-electron chi connectivity index (χ3n) is 4.79. The lowest BCUT2D eigenvalue weighted by Gasteiger charge is -2.25. The average molecular weight is 475 g/mol. The van der Waals surface area contributed by atoms with E-state index in [1.165, 1.54) is 0 Å². The lowest BCUT2D eigenvalue weighted by molar-refractivity contribution is -0.109. The van der Waals surface area contributed by atoms with Crippen LogP contribution in [0.4, 0.5) is 13.6 Å². The molecule has 0 saturated heterocycles. The Balaban J connectivity index is 2.05. The molecule has 0 aliphatic rings. The molecule has 0 heterocycles. The number of halogens is 2. The Bertz CT molecular complexity index is 999. The Morgan fingerprint density at radius 2 is 1.79 bits per heavy atom. The number of carbonyl (C=O) groups excluding carboxylic acids is 3. The first-order valence-electron chi connectivity index (χ1n) is 10.7. The molecular weight excluding hydrogens is 446 g/mol. The highest BCUT2D eigenvalue weighted by Gasteiger charge is 2.21. The van der Waals surface area contributed by atoms with Gasteiger partial charge >= 0.3 is 6.03 Å². The molecule has 0 radical (unpaired) electrons. The first-order chi connectivity index (χ1) is 16.3. The summed E-state index contributed by atoms with van der Waals surface area (Å²) in [6.45, 7) is 0.395. The molecule has 0 aromatic heterocycles. The van der Waals surface area contributed by atoms with Crippen molar-refractivity contribution in [2.75, 3.05) is 13.1 Å². The van der Waals surface area contributed by atoms with E-state index in [4.69, 9.17) is 11.5 Å². The molecule has 0 aliphatic heterocycles. The zero-order valence-electron chi connectivity index (χ0n) is 18.5. The van der Waals surface area contributed by atoms with Gasteiger partial charge in [-0.1, -0.05) is 30.3 Å². The number of guanidine groups is 1. The van der Waals surface area contributed by atoms with E-state index in [0.717, 1.165) is 28.8 Å². The predicted molar refractivity (Wildman–Crippen MR) is 124 cm³/mol. The molecule has 1 atom stereocenters. The van der Waals surface area contributed by atoms with E-state index in [2.05, 4.69) is 15.7 Å². The minimum atomic E-state index is -1.19. The Labute approximate surface area is 196 Å². The highest BCUT2D eigenvalue weighted by Crippen LogP contribution is 2.09. The minimum Gasteiger partial charge on any atom is -0.370 e. The van der Waals surface area contributed by atoms with E-state index < -0.39 is 29.6 Å². The molecule has 6 N–H and O–H groups in total. The van der Waals surface area contributed by atoms with E-state index in [0.29, 0.717) is 25.5 Å². The highest BCUT2D eigenvalue weighted by atomic mass is 19.2. The monoisotopic (exact) mass is 474 g/mol. The molecule has 2 aromatic carbocycles. The number of rotatable bonds is 11. The number of urea groups is 1. The quantitative estimate of drug-likeness (QED) is 0.129. The summed E-state index contributed by atoms with van der Waals surface area (Å²) in [5.41, 5.74) is 13.8. The second-order valence-corrected chi connectivity index (χ2v) is 7.45. The van der Waals surface area contributed by atoms with Crippen LogP contribution in [0.5, 0.6) is 0 Å². The van der Waals surface area contributed by atoms with Crippen LogP contribution < -0.4 is 22.2 Å². The van der Waals surface area contributed by atoms with Crippen molar-refractivity contribution in [2.24, 2.45) is 16.5 Å². The fourth-order valence-corrected chi connectivity index (χ4v) is 3.05. The number of aldehydes is 1. The lowest BCUT2D eigenvalue weighted by atomic mass is 10.1. The third-order valence-corrected chi connectivity index (χ3v) is 4.79. The summed E-state index contributed by atoms with van der Waals surface area (Å²) in [4.78, 5) is 40.6. The first kappa shape index (κ1) is 26.2. The smallest absolute Gasteiger partial charge is 0.336 e. The normalized spacial score (nSPS) is 11.2. The fraction of sp³-hybridized carbons (Fsp3) is 0.304. The number of nitrogens with one attached hydrogen (secondary N) is 2. The molecule has 0 unspecified atom stereocenters. The van der Waals surface area contributed by atoms with Gasteiger partial charge in [0.05, 0.1) is 6.04 Å². The van der Waals surface area contributed by atoms with Gasteiger partial charge < -0.3 is 21.6 Å². The number of aliphatic imine (C=N–C) groups is 1. The molecule has 2 aromatic rings. The second kappa shape index (κ2) is 13.5. The number of amides is 3. The van der Waals surface area contributed by atoms with E-state index in [1.807, 2.05) is 30.3 Å². The molecule has 182 valence electrons. The van der Waals surface area contributed by atoms with Crippen LogP contribution in [-0.4, -0.2) is 48.3 Å². The first-order valence-corrected chi connectivity index (χ1v) is 10.7. The fourth-order valence-electron chi connectivity index (χ4n) is 3.05. The minimum absolute atomic E-state index is 0.0729. The summed E-state index contributed by atoms with van der Waals surface area (Å²) in [6, 6.07) is 10.6. The van der Waals surface area contributed by atoms with Gasteiger partial charge in [0.1, 0.15) is 6.29 Å². The average Bonchev–Trinajstić information content (AvgIpc) is 2.82. The topological polar surface area (TPSA) is 143 Å². The summed E-state index contributed by atoms with van der Waals surface area (Å²) >= 11 is 0. The summed E-state index contributed by atoms with van der Waals surface area (Å²) in [5, 5.41) is 3.55. The van der Waals surface area contributed by atoms with Crippen LogP contribution in [0.15, 0.2) is 53.5 Å². The van der Waals surface area contributed by atoms with Gasteiger partial charge in [0.25, 0.3) is 5.91 Å². The second-order valence-electron chi connectivity index (χ2n) is 7.45. The largest absolute Gasteiger partial charge is 0.370 e. The van der Waals surface area contributed by atoms with Crippen LogP contribution in [0.25, 0.3) is 0 Å². The van der Waals surface area contributed by atoms with Gasteiger partial charge in [-0.3, -0.25) is 15.2 Å². The van der Waals surface area contributed by atoms with E-state index in [9.17, 15) is 23.2 Å². The summed E-state index contributed by atoms with van der Waals surface area (Å²) in [7, 11) is 0. The maximum atomic E-state index is 13.5. The van der Waals surface area contributed by atoms with Crippen LogP contribution >= 0.6 is 0 Å². The lowest BCUT2D eigenvalue weighted by Crippen LogP contribution is -2.53. The van der Waals surface area contributed by atoms with Crippen molar-refractivity contribution in [2.45, 2.75) is 31.7 Å². The maximum Gasteiger partial charge on any atom is 0.336 e. The van der Waals surface area contributed by atoms with Crippen LogP contribution in [0, 0.1) is 11.6 Å². The molecule has 2 rings (SSSR count). The molecule has 3 amide bonds. The third kappa shape index (κ3) is 8.85. The SMILES string of the molecule is NC(N)=NCCC[C@@H](C=O)NC(=O)N(CCCc1ccccc1)NC(=O)c1ccc(F)c(F)c1. The highest BCUT2D eigenvalue weighted by molar-refractivity contribution is 5.95. The van der Waals surface area contributed by atoms with Gasteiger partial charge in [-0.05, 0) is 49.4 Å². The van der Waals surface area contributed by atoms with E-state index in [1.54, 1.807) is 0 Å². The standard InChI is InChI=1S/C23H28F2N6O3/c24-19-11-10-17(14-20(19)25)21(33)30-31(13-5-8-16-6-2-1-3-7-16)23(34)29-18(15-32)9-4-12-28-22(26)27/h1-3,6-7,10-11,14-15,18H,4-5,8-9,12-13H2,(H,29,34)(H,30,33)(H4,26,27,28)/t18-/m0/s1. The van der Waals surface area contributed by atoms with Gasteiger partial charge in [0.2, 0.25) is 0 Å². The van der Waals surface area contributed by atoms with Crippen molar-refractivity contribution in [1.82, 2.24) is 15.8 Å². The zero-order valence-corrected chi connectivity index (χ0v) is 18.5. The van der Waals surface area contributed by atoms with Crippen LogP contribution in [0.2, 0.25) is 0 Å². The van der Waals surface area contributed by atoms with Gasteiger partial charge in [-0.25, -0.2) is 18.6 Å². The maximum absolute atomic E-state index is 13.5. The van der Waals surface area contributed by atoms with Crippen molar-refractivity contribution in [3.8, 4) is 0 Å². The van der Waals surface area contributed by atoms with Crippen LogP contribution in [0.3, 0.4) is 0 Å². The summed E-state index contributed by atoms with van der Waals surface area (Å²) < 4.78 is 26.7. The van der Waals surface area contributed by atoms with Crippen molar-refractivity contribution >= 4 is 24.2 Å². The molecule has 0 saturated carbocycles. The predicted octanol–water partition coefficient (Wildman–Crippen LogP) is 1.88. The number of nitrogens with zero attached hydrogens (tertiary/aromatic N) is 2.